The molecular formula is C16H23N2O5P. The Kier molecular flexibility index (Phi) is 7.15. The Morgan fingerprint density at radius 2 is 1.96 bits per heavy atom. The van der Waals surface area contributed by atoms with E-state index in [1.165, 1.54) is 6.92 Å². The second-order valence-corrected chi connectivity index (χ2v) is 7.62. The van der Waals surface area contributed by atoms with E-state index in [9.17, 15) is 14.3 Å². The highest BCUT2D eigenvalue weighted by Crippen LogP contribution is 2.39. The molecule has 0 bridgehead atoms. The molecule has 0 aliphatic carbocycles. The number of carbonyl (C=O) groups excluding carboxylic acids is 1. The fraction of sp³-hybridized carbons (Fsp3) is 0.438. The van der Waals surface area contributed by atoms with Crippen LogP contribution in [-0.2, 0) is 18.4 Å². The number of carbonyl (C=O) groups is 1. The van der Waals surface area contributed by atoms with Gasteiger partial charge in [0.05, 0.1) is 21.1 Å². The molecule has 0 saturated carbocycles. The largest absolute Gasteiger partial charge is 0.756 e. The maximum absolute atomic E-state index is 12.0. The molecule has 1 unspecified atom stereocenters. The zero-order valence-electron chi connectivity index (χ0n) is 14.3. The van der Waals surface area contributed by atoms with Crippen molar-refractivity contribution in [3.63, 3.8) is 0 Å². The van der Waals surface area contributed by atoms with Crippen LogP contribution in [0.3, 0.4) is 0 Å². The molecule has 0 aliphatic heterocycles. The summed E-state index contributed by atoms with van der Waals surface area (Å²) in [5.74, 6) is 1.86. The normalized spacial score (nSPS) is 15.2. The monoisotopic (exact) mass is 354 g/mol. The van der Waals surface area contributed by atoms with Gasteiger partial charge in [0.15, 0.2) is 0 Å². The molecule has 0 aromatic heterocycles. The minimum atomic E-state index is -4.55. The third-order valence-corrected chi connectivity index (χ3v) is 4.06. The Labute approximate surface area is 142 Å². The molecule has 0 saturated heterocycles. The van der Waals surface area contributed by atoms with Gasteiger partial charge in [-0.15, -0.1) is 6.42 Å². The van der Waals surface area contributed by atoms with Gasteiger partial charge in [0.1, 0.15) is 19.3 Å². The molecule has 1 N–H and O–H groups in total. The number of nitrogens with zero attached hydrogens (tertiary/aromatic N) is 1. The highest BCUT2D eigenvalue weighted by molar-refractivity contribution is 7.45. The number of hydrogen-bond acceptors (Lipinski definition) is 5. The highest BCUT2D eigenvalue weighted by atomic mass is 31.2. The molecule has 0 heterocycles. The fourth-order valence-electron chi connectivity index (χ4n) is 1.59. The lowest BCUT2D eigenvalue weighted by molar-refractivity contribution is -0.870. The van der Waals surface area contributed by atoms with Crippen molar-refractivity contribution in [2.45, 2.75) is 13.0 Å². The van der Waals surface area contributed by atoms with Gasteiger partial charge in [0, 0.05) is 11.3 Å². The molecule has 1 aromatic rings. The van der Waals surface area contributed by atoms with Crippen LogP contribution in [0.15, 0.2) is 24.3 Å². The van der Waals surface area contributed by atoms with Gasteiger partial charge in [-0.1, -0.05) is 5.92 Å². The molecule has 7 nitrogen and oxygen atoms in total. The van der Waals surface area contributed by atoms with E-state index in [1.807, 2.05) is 21.1 Å². The van der Waals surface area contributed by atoms with Gasteiger partial charge in [-0.05, 0) is 31.2 Å². The summed E-state index contributed by atoms with van der Waals surface area (Å²) in [5, 5.41) is 2.54. The van der Waals surface area contributed by atoms with Crippen LogP contribution in [0.2, 0.25) is 0 Å². The molecule has 0 spiro atoms. The SMILES string of the molecule is C#Cc1ccc(NC(=O)[C@H](C)OP(=O)([O-])OCC[N+](C)(C)C)cc1. The topological polar surface area (TPSA) is 87.7 Å². The number of amides is 1. The molecule has 1 amide bonds. The number of benzene rings is 1. The molecule has 132 valence electrons. The first-order valence-electron chi connectivity index (χ1n) is 7.34. The smallest absolute Gasteiger partial charge is 0.268 e. The Hall–Kier alpha value is -1.68. The van der Waals surface area contributed by atoms with Gasteiger partial charge >= 0.3 is 0 Å². The van der Waals surface area contributed by atoms with Gasteiger partial charge in [-0.3, -0.25) is 9.36 Å². The third-order valence-electron chi connectivity index (χ3n) is 2.99. The van der Waals surface area contributed by atoms with Gasteiger partial charge in [0.25, 0.3) is 13.7 Å². The number of terminal acetylenes is 1. The fourth-order valence-corrected chi connectivity index (χ4v) is 2.44. The average molecular weight is 354 g/mol. The number of rotatable bonds is 8. The number of anilines is 1. The lowest BCUT2D eigenvalue weighted by atomic mass is 10.2. The lowest BCUT2D eigenvalue weighted by Gasteiger charge is -2.28. The molecule has 1 aromatic carbocycles. The number of likely N-dealkylation sites (N-methyl/N-ethyl adjacent to an activating group) is 1. The van der Waals surface area contributed by atoms with Gasteiger partial charge in [0.2, 0.25) is 0 Å². The summed E-state index contributed by atoms with van der Waals surface area (Å²) in [6.07, 6.45) is 4.03. The van der Waals surface area contributed by atoms with Crippen LogP contribution in [0.25, 0.3) is 0 Å². The van der Waals surface area contributed by atoms with E-state index in [-0.39, 0.29) is 6.61 Å². The second kappa shape index (κ2) is 8.43. The van der Waals surface area contributed by atoms with Crippen LogP contribution >= 0.6 is 7.82 Å². The second-order valence-electron chi connectivity index (χ2n) is 6.25. The molecule has 1 rings (SSSR count). The average Bonchev–Trinajstić information content (AvgIpc) is 2.45. The first kappa shape index (κ1) is 20.4. The molecule has 2 atom stereocenters. The van der Waals surface area contributed by atoms with Gasteiger partial charge in [-0.2, -0.15) is 0 Å². The van der Waals surface area contributed by atoms with Crippen LogP contribution < -0.4 is 10.2 Å². The van der Waals surface area contributed by atoms with Crippen molar-refractivity contribution < 1.29 is 27.8 Å². The summed E-state index contributed by atoms with van der Waals surface area (Å²) in [5.41, 5.74) is 1.16. The van der Waals surface area contributed by atoms with Crippen molar-refractivity contribution in [2.24, 2.45) is 0 Å². The Morgan fingerprint density at radius 1 is 1.38 bits per heavy atom. The number of quaternary nitrogens is 1. The third kappa shape index (κ3) is 7.73. The number of phosphoric acid groups is 1. The van der Waals surface area contributed by atoms with E-state index in [1.54, 1.807) is 24.3 Å². The molecule has 0 radical (unpaired) electrons. The minimum Gasteiger partial charge on any atom is -0.756 e. The van der Waals surface area contributed by atoms with Crippen molar-refractivity contribution in [3.05, 3.63) is 29.8 Å². The Morgan fingerprint density at radius 3 is 2.46 bits per heavy atom. The van der Waals surface area contributed by atoms with Crippen molar-refractivity contribution >= 4 is 19.4 Å². The van der Waals surface area contributed by atoms with Gasteiger partial charge in [-0.25, -0.2) is 0 Å². The van der Waals surface area contributed by atoms with Crippen molar-refractivity contribution in [1.29, 1.82) is 0 Å². The highest BCUT2D eigenvalue weighted by Gasteiger charge is 2.21. The Balaban J connectivity index is 2.52. The zero-order chi connectivity index (χ0) is 18.4. The Bertz CT molecular complexity index is 646. The number of phosphoric ester groups is 1. The molecule has 0 aliphatic rings. The minimum absolute atomic E-state index is 0.0217. The first-order chi connectivity index (χ1) is 11.0. The van der Waals surface area contributed by atoms with Crippen molar-refractivity contribution in [3.8, 4) is 12.3 Å². The summed E-state index contributed by atoms with van der Waals surface area (Å²) in [6.45, 7) is 1.79. The maximum atomic E-state index is 12.0. The van der Waals surface area contributed by atoms with Crippen LogP contribution in [0.5, 0.6) is 0 Å². The summed E-state index contributed by atoms with van der Waals surface area (Å²) in [6, 6.07) is 6.56. The first-order valence-corrected chi connectivity index (χ1v) is 8.80. The summed E-state index contributed by atoms with van der Waals surface area (Å²) in [4.78, 5) is 23.7. The van der Waals surface area contributed by atoms with E-state index < -0.39 is 19.8 Å². The van der Waals surface area contributed by atoms with Crippen LogP contribution in [0, 0.1) is 12.3 Å². The molecule has 8 heteroatoms. The summed E-state index contributed by atoms with van der Waals surface area (Å²) < 4.78 is 21.8. The van der Waals surface area contributed by atoms with E-state index in [0.717, 1.165) is 0 Å². The van der Waals surface area contributed by atoms with E-state index in [2.05, 4.69) is 11.2 Å². The summed E-state index contributed by atoms with van der Waals surface area (Å²) in [7, 11) is 1.16. The van der Waals surface area contributed by atoms with Crippen LogP contribution in [0.1, 0.15) is 12.5 Å². The number of hydrogen-bond donors (Lipinski definition) is 1. The molecule has 24 heavy (non-hydrogen) atoms. The molecular weight excluding hydrogens is 331 g/mol. The number of nitrogens with one attached hydrogen (secondary N) is 1. The van der Waals surface area contributed by atoms with E-state index in [4.69, 9.17) is 15.5 Å². The quantitative estimate of drug-likeness (QED) is 0.431. The van der Waals surface area contributed by atoms with Gasteiger partial charge < -0.3 is 23.7 Å². The van der Waals surface area contributed by atoms with Crippen LogP contribution in [-0.4, -0.2) is 50.8 Å². The van der Waals surface area contributed by atoms with Crippen molar-refractivity contribution in [1.82, 2.24) is 0 Å². The summed E-state index contributed by atoms with van der Waals surface area (Å²) >= 11 is 0. The van der Waals surface area contributed by atoms with Crippen molar-refractivity contribution in [2.75, 3.05) is 39.6 Å². The molecule has 0 fully saturated rings. The predicted octanol–water partition coefficient (Wildman–Crippen LogP) is 1.20. The van der Waals surface area contributed by atoms with E-state index in [0.29, 0.717) is 22.3 Å². The lowest BCUT2D eigenvalue weighted by Crippen LogP contribution is -2.38. The van der Waals surface area contributed by atoms with E-state index >= 15 is 0 Å². The zero-order valence-corrected chi connectivity index (χ0v) is 15.2. The maximum Gasteiger partial charge on any atom is 0.268 e. The predicted molar refractivity (Wildman–Crippen MR) is 90.0 cm³/mol. The standard InChI is InChI=1S/C16H23N2O5P/c1-6-14-7-9-15(10-8-14)17-16(19)13(2)23-24(20,21)22-12-11-18(3,4)5/h1,7-10,13H,11-12H2,2-5H3,(H-,17,19,20,21)/t13-/m0/s1. The van der Waals surface area contributed by atoms with Crippen LogP contribution in [0.4, 0.5) is 5.69 Å².